The highest BCUT2D eigenvalue weighted by molar-refractivity contribution is 6.03. The average Bonchev–Trinajstić information content (AvgIpc) is 3.07. The van der Waals surface area contributed by atoms with Crippen LogP contribution >= 0.6 is 0 Å². The van der Waals surface area contributed by atoms with Crippen molar-refractivity contribution in [2.24, 2.45) is 5.92 Å². The van der Waals surface area contributed by atoms with Crippen LogP contribution < -0.4 is 10.2 Å². The monoisotopic (exact) mass is 654 g/mol. The molecular formula is C35H40F2N2O8. The molecule has 12 heteroatoms. The van der Waals surface area contributed by atoms with E-state index in [1.165, 1.54) is 36.4 Å². The summed E-state index contributed by atoms with van der Waals surface area (Å²) in [5.74, 6) is -1.93. The summed E-state index contributed by atoms with van der Waals surface area (Å²) in [6.07, 6.45) is 1.00. The minimum atomic E-state index is -1.54. The van der Waals surface area contributed by atoms with Gasteiger partial charge in [0.2, 0.25) is 11.8 Å². The maximum atomic E-state index is 13.7. The molecule has 0 spiro atoms. The Kier molecular flexibility index (Phi) is 11.0. The van der Waals surface area contributed by atoms with Crippen LogP contribution in [0.2, 0.25) is 0 Å². The minimum Gasteiger partial charge on any atom is -0.394 e. The van der Waals surface area contributed by atoms with E-state index in [4.69, 9.17) is 9.47 Å². The molecule has 47 heavy (non-hydrogen) atoms. The highest BCUT2D eigenvalue weighted by Crippen LogP contribution is 2.46. The van der Waals surface area contributed by atoms with Gasteiger partial charge in [-0.25, -0.2) is 8.78 Å². The number of β-lactam (4-membered cyclic amide) rings is 1. The number of amides is 2. The molecule has 5 rings (SSSR count). The summed E-state index contributed by atoms with van der Waals surface area (Å²) in [5, 5.41) is 41.5. The highest BCUT2D eigenvalue weighted by atomic mass is 19.1. The molecule has 3 aromatic carbocycles. The second-order valence-corrected chi connectivity index (χ2v) is 12.4. The molecule has 2 saturated heterocycles. The van der Waals surface area contributed by atoms with Crippen LogP contribution in [0.25, 0.3) is 0 Å². The number of nitrogens with zero attached hydrogens (tertiary/aromatic N) is 1. The molecule has 2 amide bonds. The third-order valence-corrected chi connectivity index (χ3v) is 9.07. The number of benzene rings is 3. The van der Waals surface area contributed by atoms with Crippen molar-refractivity contribution in [1.82, 2.24) is 5.32 Å². The Labute approximate surface area is 271 Å². The summed E-state index contributed by atoms with van der Waals surface area (Å²) in [6.45, 7) is -1.64. The number of carbonyl (C=O) groups is 2. The predicted molar refractivity (Wildman–Crippen MR) is 167 cm³/mol. The van der Waals surface area contributed by atoms with E-state index < -0.39 is 60.5 Å². The molecule has 2 aliphatic heterocycles. The fraction of sp³-hybridized carbons (Fsp3) is 0.429. The fourth-order valence-corrected chi connectivity index (χ4v) is 5.99. The smallest absolute Gasteiger partial charge is 0.246 e. The quantitative estimate of drug-likeness (QED) is 0.148. The van der Waals surface area contributed by atoms with Gasteiger partial charge in [0.25, 0.3) is 0 Å². The zero-order valence-electron chi connectivity index (χ0n) is 25.9. The predicted octanol–water partition coefficient (Wildman–Crippen LogP) is 2.73. The lowest BCUT2D eigenvalue weighted by Gasteiger charge is -2.48. The Balaban J connectivity index is 1.23. The summed E-state index contributed by atoms with van der Waals surface area (Å²) in [6, 6.07) is 18.9. The average molecular weight is 655 g/mol. The lowest BCUT2D eigenvalue weighted by atomic mass is 9.78. The SMILES string of the molecule is O=C(COC1(CCc2ccc([C@@H]3[C@@H](CCC(O)c4ccc(F)cc4)C(=O)N3c3ccc(F)cc3)cc2)COC1)NC(CO)(CO)CO. The number of hydrogen-bond acceptors (Lipinski definition) is 8. The van der Waals surface area contributed by atoms with Crippen LogP contribution in [0.3, 0.4) is 0 Å². The number of halogens is 2. The standard InChI is InChI=1S/C35H40F2N2O8/c36-26-7-5-24(6-8-26)30(43)14-13-29-32(39(33(29)45)28-11-9-27(37)10-12-28)25-3-1-23(2-4-25)15-16-35(21-46-22-35)47-17-31(44)38-34(18-40,19-41)20-42/h1-12,29-30,32,40-43H,13-22H2,(H,38,44)/t29-,30?,32-/m1/s1. The van der Waals surface area contributed by atoms with Crippen molar-refractivity contribution >= 4 is 17.5 Å². The van der Waals surface area contributed by atoms with Gasteiger partial charge >= 0.3 is 0 Å². The van der Waals surface area contributed by atoms with Crippen LogP contribution in [-0.4, -0.2) is 83.0 Å². The van der Waals surface area contributed by atoms with Crippen molar-refractivity contribution in [3.05, 3.63) is 101 Å². The van der Waals surface area contributed by atoms with Crippen LogP contribution in [0.15, 0.2) is 72.8 Å². The molecular weight excluding hydrogens is 614 g/mol. The van der Waals surface area contributed by atoms with Crippen molar-refractivity contribution in [2.75, 3.05) is 44.5 Å². The summed E-state index contributed by atoms with van der Waals surface area (Å²) < 4.78 is 38.3. The number of anilines is 1. The maximum Gasteiger partial charge on any atom is 0.246 e. The number of hydrogen-bond donors (Lipinski definition) is 5. The summed E-state index contributed by atoms with van der Waals surface area (Å²) in [5.41, 5.74) is 0.797. The Morgan fingerprint density at radius 2 is 1.55 bits per heavy atom. The van der Waals surface area contributed by atoms with Gasteiger partial charge in [0.15, 0.2) is 0 Å². The second-order valence-electron chi connectivity index (χ2n) is 12.4. The molecule has 0 saturated carbocycles. The second kappa shape index (κ2) is 15.0. The summed E-state index contributed by atoms with van der Waals surface area (Å²) in [7, 11) is 0. The van der Waals surface area contributed by atoms with Crippen LogP contribution in [0.5, 0.6) is 0 Å². The topological polar surface area (TPSA) is 149 Å². The van der Waals surface area contributed by atoms with Crippen molar-refractivity contribution in [1.29, 1.82) is 0 Å². The maximum absolute atomic E-state index is 13.7. The van der Waals surface area contributed by atoms with Crippen LogP contribution in [0, 0.1) is 17.6 Å². The zero-order valence-corrected chi connectivity index (χ0v) is 25.9. The van der Waals surface area contributed by atoms with E-state index in [0.717, 1.165) is 11.1 Å². The first-order chi connectivity index (χ1) is 22.6. The van der Waals surface area contributed by atoms with Gasteiger partial charge in [0.05, 0.1) is 51.1 Å². The van der Waals surface area contributed by atoms with Gasteiger partial charge in [-0.2, -0.15) is 0 Å². The van der Waals surface area contributed by atoms with Crippen LogP contribution in [0.4, 0.5) is 14.5 Å². The van der Waals surface area contributed by atoms with Gasteiger partial charge in [0, 0.05) is 5.69 Å². The van der Waals surface area contributed by atoms with Crippen LogP contribution in [0.1, 0.15) is 48.1 Å². The molecule has 3 aromatic rings. The lowest BCUT2D eigenvalue weighted by Crippen LogP contribution is -2.59. The zero-order chi connectivity index (χ0) is 33.6. The Hall–Kier alpha value is -3.78. The molecule has 2 heterocycles. The molecule has 0 radical (unpaired) electrons. The van der Waals surface area contributed by atoms with E-state index >= 15 is 0 Å². The summed E-state index contributed by atoms with van der Waals surface area (Å²) >= 11 is 0. The van der Waals surface area contributed by atoms with Crippen LogP contribution in [-0.2, 0) is 25.5 Å². The first-order valence-corrected chi connectivity index (χ1v) is 15.6. The number of nitrogens with one attached hydrogen (secondary N) is 1. The largest absolute Gasteiger partial charge is 0.394 e. The van der Waals surface area contributed by atoms with Gasteiger partial charge in [-0.1, -0.05) is 36.4 Å². The van der Waals surface area contributed by atoms with Gasteiger partial charge < -0.3 is 40.1 Å². The molecule has 2 aliphatic rings. The normalized spacial score (nSPS) is 19.5. The van der Waals surface area contributed by atoms with E-state index in [2.05, 4.69) is 5.32 Å². The number of ether oxygens (including phenoxy) is 2. The number of rotatable bonds is 16. The van der Waals surface area contributed by atoms with Gasteiger partial charge in [-0.3, -0.25) is 9.59 Å². The first-order valence-electron chi connectivity index (χ1n) is 15.6. The molecule has 0 aliphatic carbocycles. The minimum absolute atomic E-state index is 0.126. The third kappa shape index (κ3) is 7.86. The Morgan fingerprint density at radius 3 is 2.11 bits per heavy atom. The van der Waals surface area contributed by atoms with E-state index in [0.29, 0.717) is 50.1 Å². The molecule has 252 valence electrons. The van der Waals surface area contributed by atoms with Crippen molar-refractivity contribution in [2.45, 2.75) is 49.0 Å². The molecule has 1 unspecified atom stereocenters. The highest BCUT2D eigenvalue weighted by Gasteiger charge is 2.48. The molecule has 10 nitrogen and oxygen atoms in total. The van der Waals surface area contributed by atoms with Crippen molar-refractivity contribution in [3.8, 4) is 0 Å². The molecule has 2 fully saturated rings. The Bertz CT molecular complexity index is 1490. The van der Waals surface area contributed by atoms with E-state index in [-0.39, 0.29) is 18.6 Å². The number of aliphatic hydroxyl groups is 4. The fourth-order valence-electron chi connectivity index (χ4n) is 5.99. The molecule has 3 atom stereocenters. The lowest BCUT2D eigenvalue weighted by molar-refractivity contribution is -0.212. The summed E-state index contributed by atoms with van der Waals surface area (Å²) in [4.78, 5) is 27.4. The van der Waals surface area contributed by atoms with E-state index in [9.17, 15) is 38.8 Å². The number of carbonyl (C=O) groups excluding carboxylic acids is 2. The van der Waals surface area contributed by atoms with Gasteiger partial charge in [0.1, 0.15) is 29.4 Å². The third-order valence-electron chi connectivity index (χ3n) is 9.07. The van der Waals surface area contributed by atoms with Crippen molar-refractivity contribution < 1.29 is 48.3 Å². The van der Waals surface area contributed by atoms with Gasteiger partial charge in [-0.05, 0) is 78.8 Å². The molecule has 5 N–H and O–H groups in total. The van der Waals surface area contributed by atoms with E-state index in [1.807, 2.05) is 24.3 Å². The molecule has 0 bridgehead atoms. The number of aliphatic hydroxyl groups excluding tert-OH is 4. The number of aryl methyl sites for hydroxylation is 1. The Morgan fingerprint density at radius 1 is 0.957 bits per heavy atom. The van der Waals surface area contributed by atoms with E-state index in [1.54, 1.807) is 17.0 Å². The van der Waals surface area contributed by atoms with Crippen molar-refractivity contribution in [3.63, 3.8) is 0 Å². The van der Waals surface area contributed by atoms with Gasteiger partial charge in [-0.15, -0.1) is 0 Å². The first kappa shape index (κ1) is 34.6. The molecule has 0 aromatic heterocycles.